The van der Waals surface area contributed by atoms with Crippen molar-refractivity contribution in [3.8, 4) is 0 Å². The van der Waals surface area contributed by atoms with E-state index in [-0.39, 0.29) is 12.6 Å². The zero-order valence-corrected chi connectivity index (χ0v) is 6.35. The third kappa shape index (κ3) is 12.2. The van der Waals surface area contributed by atoms with Crippen molar-refractivity contribution in [3.63, 3.8) is 0 Å². The van der Waals surface area contributed by atoms with E-state index in [0.717, 1.165) is 0 Å². The molecule has 0 atom stereocenters. The molecule has 0 radical (unpaired) electrons. The van der Waals surface area contributed by atoms with Gasteiger partial charge in [0, 0.05) is 14.2 Å². The van der Waals surface area contributed by atoms with Crippen molar-refractivity contribution in [2.45, 2.75) is 6.29 Å². The Labute approximate surface area is 64.3 Å². The first-order chi connectivity index (χ1) is 5.26. The first-order valence-corrected chi connectivity index (χ1v) is 2.66. The van der Waals surface area contributed by atoms with Crippen LogP contribution in [0.2, 0.25) is 0 Å². The topological polar surface area (TPSA) is 69.7 Å². The van der Waals surface area contributed by atoms with Gasteiger partial charge in [0.1, 0.15) is 0 Å². The Kier molecular flexibility index (Phi) is 13.4. The molecule has 0 amide bonds. The van der Waals surface area contributed by atoms with Crippen LogP contribution in [0.1, 0.15) is 0 Å². The van der Waals surface area contributed by atoms with E-state index < -0.39 is 6.29 Å². The van der Waals surface area contributed by atoms with Crippen LogP contribution in [0.3, 0.4) is 0 Å². The maximum absolute atomic E-state index is 9.72. The van der Waals surface area contributed by atoms with Crippen molar-refractivity contribution >= 4 is 18.9 Å². The summed E-state index contributed by atoms with van der Waals surface area (Å²) in [6.07, 6.45) is 0.278. The minimum Gasteiger partial charge on any atom is -0.350 e. The Bertz CT molecular complexity index is 102. The monoisotopic (exact) mass is 162 g/mol. The molecule has 0 aromatic carbocycles. The van der Waals surface area contributed by atoms with E-state index in [1.54, 1.807) is 0 Å². The maximum atomic E-state index is 9.72. The summed E-state index contributed by atoms with van der Waals surface area (Å²) in [4.78, 5) is 27.3. The normalized spacial score (nSPS) is 7.91. The van der Waals surface area contributed by atoms with Gasteiger partial charge in [-0.15, -0.1) is 0 Å². The molecule has 0 saturated heterocycles. The highest BCUT2D eigenvalue weighted by Gasteiger charge is 1.97. The number of carbonyl (C=O) groups excluding carboxylic acids is 3. The molecule has 0 saturated carbocycles. The molecule has 64 valence electrons. The van der Waals surface area contributed by atoms with Gasteiger partial charge < -0.3 is 9.47 Å². The molecule has 0 bridgehead atoms. The van der Waals surface area contributed by atoms with Gasteiger partial charge in [-0.2, -0.15) is 0 Å². The third-order valence-electron chi connectivity index (χ3n) is 0.631. The Balaban J connectivity index is 0. The molecule has 0 aliphatic rings. The van der Waals surface area contributed by atoms with E-state index in [0.29, 0.717) is 6.29 Å². The van der Waals surface area contributed by atoms with Crippen LogP contribution in [0.5, 0.6) is 0 Å². The van der Waals surface area contributed by atoms with Crippen molar-refractivity contribution in [2.75, 3.05) is 14.2 Å². The first kappa shape index (κ1) is 12.6. The van der Waals surface area contributed by atoms with Crippen molar-refractivity contribution in [2.24, 2.45) is 0 Å². The van der Waals surface area contributed by atoms with Crippen LogP contribution < -0.4 is 0 Å². The molecule has 0 fully saturated rings. The van der Waals surface area contributed by atoms with Gasteiger partial charge in [0.2, 0.25) is 6.29 Å². The van der Waals surface area contributed by atoms with Crippen molar-refractivity contribution in [1.29, 1.82) is 0 Å². The van der Waals surface area contributed by atoms with Gasteiger partial charge in [0.25, 0.3) is 0 Å². The van der Waals surface area contributed by atoms with Crippen LogP contribution >= 0.6 is 0 Å². The Hall–Kier alpha value is -1.07. The molecule has 0 unspecified atom stereocenters. The fourth-order valence-corrected chi connectivity index (χ4v) is 0.207. The number of methoxy groups -OCH3 is 2. The molecule has 0 N–H and O–H groups in total. The summed E-state index contributed by atoms with van der Waals surface area (Å²) in [7, 11) is 2.81. The lowest BCUT2D eigenvalue weighted by molar-refractivity contribution is -0.143. The number of aldehydes is 3. The molecule has 5 nitrogen and oxygen atoms in total. The average molecular weight is 162 g/mol. The Morgan fingerprint density at radius 3 is 1.36 bits per heavy atom. The lowest BCUT2D eigenvalue weighted by Gasteiger charge is -2.01. The minimum atomic E-state index is -0.694. The molecule has 0 aliphatic carbocycles. The van der Waals surface area contributed by atoms with E-state index in [9.17, 15) is 4.79 Å². The predicted octanol–water partition coefficient (Wildman–Crippen LogP) is -0.812. The number of ether oxygens (including phenoxy) is 2. The van der Waals surface area contributed by atoms with Gasteiger partial charge in [-0.25, -0.2) is 0 Å². The van der Waals surface area contributed by atoms with E-state index in [1.165, 1.54) is 14.2 Å². The van der Waals surface area contributed by atoms with Crippen molar-refractivity contribution in [3.05, 3.63) is 0 Å². The fraction of sp³-hybridized carbons (Fsp3) is 0.500. The first-order valence-electron chi connectivity index (χ1n) is 2.66. The average Bonchev–Trinajstić information content (AvgIpc) is 2.08. The Morgan fingerprint density at radius 1 is 1.00 bits per heavy atom. The van der Waals surface area contributed by atoms with Crippen LogP contribution in [-0.4, -0.2) is 39.4 Å². The zero-order chi connectivity index (χ0) is 9.11. The fourth-order valence-electron chi connectivity index (χ4n) is 0.207. The predicted molar refractivity (Wildman–Crippen MR) is 36.0 cm³/mol. The summed E-state index contributed by atoms with van der Waals surface area (Å²) in [5.41, 5.74) is 0. The van der Waals surface area contributed by atoms with E-state index >= 15 is 0 Å². The second kappa shape index (κ2) is 11.7. The number of hydrogen-bond donors (Lipinski definition) is 0. The zero-order valence-electron chi connectivity index (χ0n) is 6.35. The molecule has 0 rings (SSSR count). The molecule has 0 aromatic heterocycles. The van der Waals surface area contributed by atoms with Gasteiger partial charge in [0.15, 0.2) is 18.9 Å². The van der Waals surface area contributed by atoms with Crippen LogP contribution in [-0.2, 0) is 23.9 Å². The summed E-state index contributed by atoms with van der Waals surface area (Å²) in [5.74, 6) is 0. The largest absolute Gasteiger partial charge is 0.350 e. The quantitative estimate of drug-likeness (QED) is 0.307. The lowest BCUT2D eigenvalue weighted by atomic mass is 10.7. The van der Waals surface area contributed by atoms with Crippen LogP contribution in [0.4, 0.5) is 0 Å². The lowest BCUT2D eigenvalue weighted by Crippen LogP contribution is -2.13. The second-order valence-corrected chi connectivity index (χ2v) is 1.25. The van der Waals surface area contributed by atoms with Gasteiger partial charge in [-0.3, -0.25) is 14.4 Å². The minimum absolute atomic E-state index is 0.194. The highest BCUT2D eigenvalue weighted by atomic mass is 16.7. The number of rotatable bonds is 4. The van der Waals surface area contributed by atoms with Crippen molar-refractivity contribution < 1.29 is 23.9 Å². The van der Waals surface area contributed by atoms with Crippen molar-refractivity contribution in [1.82, 2.24) is 0 Å². The van der Waals surface area contributed by atoms with Gasteiger partial charge >= 0.3 is 0 Å². The standard InChI is InChI=1S/C4H8O3.C2H2O2/c1-6-4(3-5)7-2;3-1-2-4/h3-4H,1-2H3;1-2H. The summed E-state index contributed by atoms with van der Waals surface area (Å²) in [6, 6.07) is 0. The maximum Gasteiger partial charge on any atom is 0.214 e. The van der Waals surface area contributed by atoms with E-state index in [4.69, 9.17) is 9.59 Å². The van der Waals surface area contributed by atoms with Crippen LogP contribution in [0, 0.1) is 0 Å². The summed E-state index contributed by atoms with van der Waals surface area (Å²) >= 11 is 0. The molecular weight excluding hydrogens is 152 g/mol. The number of carbonyl (C=O) groups is 3. The molecule has 0 heterocycles. The van der Waals surface area contributed by atoms with E-state index in [2.05, 4.69) is 9.47 Å². The number of hydrogen-bond acceptors (Lipinski definition) is 5. The van der Waals surface area contributed by atoms with Gasteiger partial charge in [-0.05, 0) is 0 Å². The summed E-state index contributed by atoms with van der Waals surface area (Å²) in [6.45, 7) is 0. The van der Waals surface area contributed by atoms with E-state index in [1.807, 2.05) is 0 Å². The van der Waals surface area contributed by atoms with Gasteiger partial charge in [0.05, 0.1) is 0 Å². The molecule has 5 heteroatoms. The van der Waals surface area contributed by atoms with Crippen LogP contribution in [0.25, 0.3) is 0 Å². The molecule has 0 aromatic rings. The molecular formula is C6H10O5. The SMILES string of the molecule is COC(C=O)OC.O=CC=O. The molecule has 0 spiro atoms. The highest BCUT2D eigenvalue weighted by molar-refractivity contribution is 6.09. The smallest absolute Gasteiger partial charge is 0.214 e. The summed E-state index contributed by atoms with van der Waals surface area (Å²) in [5, 5.41) is 0. The molecule has 11 heavy (non-hydrogen) atoms. The van der Waals surface area contributed by atoms with Gasteiger partial charge in [-0.1, -0.05) is 0 Å². The highest BCUT2D eigenvalue weighted by Crippen LogP contribution is 1.80. The molecule has 0 aliphatic heterocycles. The Morgan fingerprint density at radius 2 is 1.36 bits per heavy atom. The van der Waals surface area contributed by atoms with Crippen LogP contribution in [0.15, 0.2) is 0 Å². The third-order valence-corrected chi connectivity index (χ3v) is 0.631. The second-order valence-electron chi connectivity index (χ2n) is 1.25. The summed E-state index contributed by atoms with van der Waals surface area (Å²) < 4.78 is 8.92.